The number of ether oxygens (including phenoxy) is 1. The van der Waals surface area contributed by atoms with E-state index in [9.17, 15) is 9.59 Å². The van der Waals surface area contributed by atoms with Crippen LogP contribution in [0.5, 0.6) is 5.75 Å². The minimum absolute atomic E-state index is 0.306. The number of esters is 1. The molecule has 2 aromatic carbocycles. The average molecular weight is 355 g/mol. The second kappa shape index (κ2) is 7.23. The van der Waals surface area contributed by atoms with Crippen molar-refractivity contribution in [2.75, 3.05) is 5.32 Å². The van der Waals surface area contributed by atoms with Gasteiger partial charge in [-0.1, -0.05) is 23.7 Å². The summed E-state index contributed by atoms with van der Waals surface area (Å²) in [5, 5.41) is 3.13. The minimum Gasteiger partial charge on any atom is -0.422 e. The first-order valence-electron chi connectivity index (χ1n) is 7.54. The van der Waals surface area contributed by atoms with Crippen molar-refractivity contribution in [2.45, 2.75) is 0 Å². The monoisotopic (exact) mass is 354 g/mol. The molecule has 0 saturated heterocycles. The van der Waals surface area contributed by atoms with E-state index in [4.69, 9.17) is 16.3 Å². The van der Waals surface area contributed by atoms with Gasteiger partial charge in [-0.3, -0.25) is 4.79 Å². The Balaban J connectivity index is 1.66. The lowest BCUT2D eigenvalue weighted by Gasteiger charge is -2.08. The summed E-state index contributed by atoms with van der Waals surface area (Å²) in [7, 11) is 1.77. The number of aryl methyl sites for hydroxylation is 1. The van der Waals surface area contributed by atoms with Crippen LogP contribution in [-0.4, -0.2) is 16.4 Å². The fraction of sp³-hybridized carbons (Fsp3) is 0.0526. The smallest absolute Gasteiger partial charge is 0.360 e. The van der Waals surface area contributed by atoms with Gasteiger partial charge in [0.15, 0.2) is 0 Å². The van der Waals surface area contributed by atoms with Gasteiger partial charge in [-0.05, 0) is 48.5 Å². The molecule has 0 aliphatic heterocycles. The van der Waals surface area contributed by atoms with Crippen LogP contribution in [0, 0.1) is 0 Å². The molecular weight excluding hydrogens is 340 g/mol. The van der Waals surface area contributed by atoms with Crippen LogP contribution in [0.4, 0.5) is 5.69 Å². The number of nitrogens with zero attached hydrogens (tertiary/aromatic N) is 1. The fourth-order valence-electron chi connectivity index (χ4n) is 2.28. The highest BCUT2D eigenvalue weighted by atomic mass is 35.5. The van der Waals surface area contributed by atoms with E-state index in [1.54, 1.807) is 78.5 Å². The van der Waals surface area contributed by atoms with Crippen molar-refractivity contribution < 1.29 is 14.3 Å². The molecule has 0 aliphatic carbocycles. The van der Waals surface area contributed by atoms with Crippen LogP contribution in [0.1, 0.15) is 20.8 Å². The number of carbonyl (C=O) groups is 2. The predicted octanol–water partition coefficient (Wildman–Crippen LogP) is 4.15. The van der Waals surface area contributed by atoms with E-state index in [-0.39, 0.29) is 5.91 Å². The van der Waals surface area contributed by atoms with Crippen LogP contribution < -0.4 is 10.1 Å². The third-order valence-corrected chi connectivity index (χ3v) is 3.92. The second-order valence-corrected chi connectivity index (χ2v) is 5.76. The number of nitrogens with one attached hydrogen (secondary N) is 1. The highest BCUT2D eigenvalue weighted by molar-refractivity contribution is 6.34. The third kappa shape index (κ3) is 3.89. The summed E-state index contributed by atoms with van der Waals surface area (Å²) in [6.07, 6.45) is 1.77. The molecule has 0 bridgehead atoms. The number of anilines is 1. The van der Waals surface area contributed by atoms with Crippen molar-refractivity contribution in [2.24, 2.45) is 7.05 Å². The Morgan fingerprint density at radius 2 is 1.72 bits per heavy atom. The van der Waals surface area contributed by atoms with Gasteiger partial charge in [0, 0.05) is 18.9 Å². The SMILES string of the molecule is Cn1cccc1C(=O)Oc1ccc(NC(=O)c2ccccc2Cl)cc1. The van der Waals surface area contributed by atoms with Crippen LogP contribution in [0.2, 0.25) is 5.02 Å². The normalized spacial score (nSPS) is 10.3. The van der Waals surface area contributed by atoms with E-state index >= 15 is 0 Å². The van der Waals surface area contributed by atoms with Crippen LogP contribution in [0.3, 0.4) is 0 Å². The number of hydrogen-bond donors (Lipinski definition) is 1. The molecule has 0 saturated carbocycles. The topological polar surface area (TPSA) is 60.3 Å². The van der Waals surface area contributed by atoms with Crippen molar-refractivity contribution in [1.29, 1.82) is 0 Å². The molecule has 0 aliphatic rings. The molecule has 25 heavy (non-hydrogen) atoms. The van der Waals surface area contributed by atoms with E-state index in [0.717, 1.165) is 0 Å². The molecular formula is C19H15ClN2O3. The van der Waals surface area contributed by atoms with E-state index < -0.39 is 5.97 Å². The number of rotatable bonds is 4. The number of halogens is 1. The molecule has 0 unspecified atom stereocenters. The fourth-order valence-corrected chi connectivity index (χ4v) is 2.50. The molecule has 1 heterocycles. The molecule has 0 spiro atoms. The molecule has 1 aromatic heterocycles. The summed E-state index contributed by atoms with van der Waals surface area (Å²) >= 11 is 6.01. The molecule has 3 rings (SSSR count). The number of hydrogen-bond acceptors (Lipinski definition) is 3. The van der Waals surface area contributed by atoms with Gasteiger partial charge in [0.1, 0.15) is 11.4 Å². The zero-order chi connectivity index (χ0) is 17.8. The van der Waals surface area contributed by atoms with Crippen molar-refractivity contribution in [3.8, 4) is 5.75 Å². The largest absolute Gasteiger partial charge is 0.422 e. The van der Waals surface area contributed by atoms with E-state index in [1.807, 2.05) is 0 Å². The Morgan fingerprint density at radius 3 is 2.36 bits per heavy atom. The lowest BCUT2D eigenvalue weighted by Crippen LogP contribution is -2.13. The van der Waals surface area contributed by atoms with Crippen molar-refractivity contribution in [1.82, 2.24) is 4.57 Å². The molecule has 0 atom stereocenters. The number of benzene rings is 2. The molecule has 126 valence electrons. The molecule has 5 nitrogen and oxygen atoms in total. The van der Waals surface area contributed by atoms with Gasteiger partial charge >= 0.3 is 5.97 Å². The van der Waals surface area contributed by atoms with Crippen molar-refractivity contribution in [3.05, 3.63) is 83.1 Å². The van der Waals surface area contributed by atoms with Gasteiger partial charge in [-0.15, -0.1) is 0 Å². The molecule has 1 N–H and O–H groups in total. The lowest BCUT2D eigenvalue weighted by molar-refractivity contribution is 0.0724. The Morgan fingerprint density at radius 1 is 1.00 bits per heavy atom. The van der Waals surface area contributed by atoms with E-state index in [2.05, 4.69) is 5.32 Å². The van der Waals surface area contributed by atoms with Crippen LogP contribution in [0.25, 0.3) is 0 Å². The highest BCUT2D eigenvalue weighted by Gasteiger charge is 2.12. The quantitative estimate of drug-likeness (QED) is 0.565. The average Bonchev–Trinajstić information content (AvgIpc) is 3.03. The number of carbonyl (C=O) groups excluding carboxylic acids is 2. The summed E-state index contributed by atoms with van der Waals surface area (Å²) < 4.78 is 6.99. The maximum absolute atomic E-state index is 12.2. The Bertz CT molecular complexity index is 916. The van der Waals surface area contributed by atoms with Crippen LogP contribution in [0.15, 0.2) is 66.9 Å². The van der Waals surface area contributed by atoms with Gasteiger partial charge in [0.2, 0.25) is 0 Å². The summed E-state index contributed by atoms with van der Waals surface area (Å²) in [6, 6.07) is 16.8. The first-order chi connectivity index (χ1) is 12.0. The minimum atomic E-state index is -0.444. The first kappa shape index (κ1) is 16.8. The number of aromatic nitrogens is 1. The summed E-state index contributed by atoms with van der Waals surface area (Å²) in [5.74, 6) is -0.360. The van der Waals surface area contributed by atoms with Gasteiger partial charge in [-0.25, -0.2) is 4.79 Å². The number of amides is 1. The van der Waals surface area contributed by atoms with Crippen LogP contribution >= 0.6 is 11.6 Å². The van der Waals surface area contributed by atoms with Crippen molar-refractivity contribution in [3.63, 3.8) is 0 Å². The highest BCUT2D eigenvalue weighted by Crippen LogP contribution is 2.20. The van der Waals surface area contributed by atoms with Gasteiger partial charge in [0.05, 0.1) is 10.6 Å². The third-order valence-electron chi connectivity index (χ3n) is 3.59. The Kier molecular flexibility index (Phi) is 4.86. The molecule has 6 heteroatoms. The zero-order valence-corrected chi connectivity index (χ0v) is 14.2. The van der Waals surface area contributed by atoms with Gasteiger partial charge < -0.3 is 14.6 Å². The van der Waals surface area contributed by atoms with Gasteiger partial charge in [0.25, 0.3) is 5.91 Å². The van der Waals surface area contributed by atoms with E-state index in [1.165, 1.54) is 0 Å². The first-order valence-corrected chi connectivity index (χ1v) is 7.92. The van der Waals surface area contributed by atoms with Gasteiger partial charge in [-0.2, -0.15) is 0 Å². The molecule has 1 amide bonds. The second-order valence-electron chi connectivity index (χ2n) is 5.35. The summed E-state index contributed by atoms with van der Waals surface area (Å²) in [5.41, 5.74) is 1.42. The lowest BCUT2D eigenvalue weighted by atomic mass is 10.2. The van der Waals surface area contributed by atoms with Crippen LogP contribution in [-0.2, 0) is 7.05 Å². The molecule has 0 radical (unpaired) electrons. The summed E-state index contributed by atoms with van der Waals surface area (Å²) in [6.45, 7) is 0. The maximum Gasteiger partial charge on any atom is 0.360 e. The standard InChI is InChI=1S/C19H15ClN2O3/c1-22-12-4-7-17(22)19(24)25-14-10-8-13(9-11-14)21-18(23)15-5-2-3-6-16(15)20/h2-12H,1H3,(H,21,23). The maximum atomic E-state index is 12.2. The molecule has 3 aromatic rings. The zero-order valence-electron chi connectivity index (χ0n) is 13.4. The Labute approximate surface area is 149 Å². The summed E-state index contributed by atoms with van der Waals surface area (Å²) in [4.78, 5) is 24.3. The molecule has 0 fully saturated rings. The predicted molar refractivity (Wildman–Crippen MR) is 96.2 cm³/mol. The van der Waals surface area contributed by atoms with Crippen molar-refractivity contribution >= 4 is 29.2 Å². The van der Waals surface area contributed by atoms with E-state index in [0.29, 0.717) is 27.7 Å². The Hall–Kier alpha value is -3.05.